The number of aliphatic carboxylic acids is 2. The SMILES string of the molecule is CCC(C)(O/N=C(\C(=O)NC1C(=O)N2C(C(=O)O)=C(CSc3s[nH]c(=O)c3C(=O)O)CS[C@H]12)c1nsc(N)n1)C(=O)O. The number of rotatable bonds is 12. The fraction of sp³-hybridized carbons (Fsp3) is 0.381. The van der Waals surface area contributed by atoms with Crippen molar-refractivity contribution in [2.75, 3.05) is 17.2 Å². The van der Waals surface area contributed by atoms with Crippen LogP contribution in [0.15, 0.2) is 25.4 Å². The average molecular weight is 660 g/mol. The van der Waals surface area contributed by atoms with E-state index < -0.39 is 63.6 Å². The number of nitrogens with one attached hydrogen (secondary N) is 2. The molecule has 4 heterocycles. The van der Waals surface area contributed by atoms with Gasteiger partial charge in [-0.25, -0.2) is 14.4 Å². The Bertz CT molecular complexity index is 1600. The van der Waals surface area contributed by atoms with Crippen molar-refractivity contribution >= 4 is 87.2 Å². The minimum Gasteiger partial charge on any atom is -0.478 e. The molecule has 21 heteroatoms. The minimum absolute atomic E-state index is 0.00647. The zero-order valence-corrected chi connectivity index (χ0v) is 24.7. The minimum atomic E-state index is -1.79. The molecule has 2 aromatic rings. The number of thioether (sulfide) groups is 2. The van der Waals surface area contributed by atoms with E-state index in [2.05, 4.69) is 24.2 Å². The van der Waals surface area contributed by atoms with E-state index in [1.807, 2.05) is 0 Å². The number of nitrogens with zero attached hydrogens (tertiary/aromatic N) is 4. The van der Waals surface area contributed by atoms with Crippen molar-refractivity contribution in [2.24, 2.45) is 5.16 Å². The summed E-state index contributed by atoms with van der Waals surface area (Å²) < 4.78 is 6.39. The molecule has 1 saturated heterocycles. The van der Waals surface area contributed by atoms with E-state index in [4.69, 9.17) is 10.6 Å². The molecule has 17 nitrogen and oxygen atoms in total. The summed E-state index contributed by atoms with van der Waals surface area (Å²) in [7, 11) is 0. The molecule has 0 bridgehead atoms. The van der Waals surface area contributed by atoms with E-state index in [0.717, 1.165) is 51.5 Å². The Balaban J connectivity index is 1.54. The van der Waals surface area contributed by atoms with E-state index in [1.165, 1.54) is 13.8 Å². The molecule has 2 aliphatic rings. The van der Waals surface area contributed by atoms with Crippen molar-refractivity contribution in [3.05, 3.63) is 33.0 Å². The van der Waals surface area contributed by atoms with Crippen LogP contribution >= 0.6 is 46.6 Å². The number of hydrogen-bond donors (Lipinski definition) is 6. The molecule has 0 aromatic carbocycles. The quantitative estimate of drug-likeness (QED) is 0.0762. The van der Waals surface area contributed by atoms with Gasteiger partial charge in [0.25, 0.3) is 17.4 Å². The molecule has 0 spiro atoms. The summed E-state index contributed by atoms with van der Waals surface area (Å²) in [5.41, 5.74) is 2.06. The first-order valence-corrected chi connectivity index (χ1v) is 15.3. The molecule has 0 saturated carbocycles. The van der Waals surface area contributed by atoms with Crippen LogP contribution in [0.5, 0.6) is 0 Å². The number of carbonyl (C=O) groups excluding carboxylic acids is 2. The Labute approximate surface area is 251 Å². The monoisotopic (exact) mass is 659 g/mol. The molecule has 7 N–H and O–H groups in total. The Morgan fingerprint density at radius 2 is 1.98 bits per heavy atom. The number of carboxylic acid groups (broad SMARTS) is 3. The fourth-order valence-electron chi connectivity index (χ4n) is 3.65. The molecule has 2 amide bonds. The maximum Gasteiger partial charge on any atom is 0.352 e. The third-order valence-corrected chi connectivity index (χ3v) is 10.3. The number of carbonyl (C=O) groups is 5. The lowest BCUT2D eigenvalue weighted by Crippen LogP contribution is -2.71. The number of H-pyrrole nitrogens is 1. The summed E-state index contributed by atoms with van der Waals surface area (Å²) in [6.07, 6.45) is -0.00647. The molecule has 2 aliphatic heterocycles. The highest BCUT2D eigenvalue weighted by atomic mass is 32.2. The van der Waals surface area contributed by atoms with Crippen molar-refractivity contribution in [3.8, 4) is 0 Å². The predicted octanol–water partition coefficient (Wildman–Crippen LogP) is 0.0732. The molecule has 3 atom stereocenters. The Morgan fingerprint density at radius 3 is 2.55 bits per heavy atom. The van der Waals surface area contributed by atoms with Gasteiger partial charge in [0.05, 0.1) is 4.21 Å². The van der Waals surface area contributed by atoms with E-state index in [9.17, 15) is 44.1 Å². The molecule has 224 valence electrons. The lowest BCUT2D eigenvalue weighted by molar-refractivity contribution is -0.164. The maximum atomic E-state index is 13.2. The van der Waals surface area contributed by atoms with Gasteiger partial charge >= 0.3 is 17.9 Å². The topological polar surface area (TPSA) is 268 Å². The number of amides is 2. The number of oxime groups is 1. The van der Waals surface area contributed by atoms with Crippen LogP contribution in [-0.4, -0.2) is 97.9 Å². The van der Waals surface area contributed by atoms with Crippen molar-refractivity contribution in [1.29, 1.82) is 0 Å². The van der Waals surface area contributed by atoms with Crippen LogP contribution in [0.2, 0.25) is 0 Å². The smallest absolute Gasteiger partial charge is 0.352 e. The second kappa shape index (κ2) is 12.1. The van der Waals surface area contributed by atoms with Crippen molar-refractivity contribution in [3.63, 3.8) is 0 Å². The number of aromatic nitrogens is 3. The van der Waals surface area contributed by atoms with Gasteiger partial charge in [-0.2, -0.15) is 9.36 Å². The molecule has 0 radical (unpaired) electrons. The number of aromatic amines is 1. The molecule has 2 unspecified atom stereocenters. The Kier molecular flexibility index (Phi) is 8.94. The highest BCUT2D eigenvalue weighted by Gasteiger charge is 2.54. The number of carboxylic acids is 3. The molecule has 42 heavy (non-hydrogen) atoms. The van der Waals surface area contributed by atoms with E-state index in [1.54, 1.807) is 0 Å². The van der Waals surface area contributed by atoms with Crippen LogP contribution in [0.1, 0.15) is 36.5 Å². The molecule has 0 aliphatic carbocycles. The maximum absolute atomic E-state index is 13.2. The average Bonchev–Trinajstić information content (AvgIpc) is 3.54. The van der Waals surface area contributed by atoms with Crippen LogP contribution in [0.25, 0.3) is 0 Å². The highest BCUT2D eigenvalue weighted by Crippen LogP contribution is 2.42. The largest absolute Gasteiger partial charge is 0.478 e. The first-order chi connectivity index (χ1) is 19.8. The third-order valence-electron chi connectivity index (χ3n) is 6.13. The van der Waals surface area contributed by atoms with Crippen molar-refractivity contribution in [2.45, 2.75) is 41.5 Å². The number of aromatic carboxylic acids is 1. The number of fused-ring (bicyclic) bond motifs is 1. The van der Waals surface area contributed by atoms with E-state index >= 15 is 0 Å². The zero-order valence-electron chi connectivity index (χ0n) is 21.5. The molecular weight excluding hydrogens is 639 g/mol. The number of nitrogens with two attached hydrogens (primary N) is 1. The summed E-state index contributed by atoms with van der Waals surface area (Å²) >= 11 is 3.66. The van der Waals surface area contributed by atoms with Crippen LogP contribution in [-0.2, 0) is 24.0 Å². The lowest BCUT2D eigenvalue weighted by atomic mass is 10.0. The van der Waals surface area contributed by atoms with Gasteiger partial charge in [-0.05, 0) is 18.9 Å². The normalized spacial score (nSPS) is 19.9. The van der Waals surface area contributed by atoms with Gasteiger partial charge in [-0.15, -0.1) is 23.5 Å². The summed E-state index contributed by atoms with van der Waals surface area (Å²) in [5, 5.41) is 34.0. The van der Waals surface area contributed by atoms with Gasteiger partial charge in [0, 0.05) is 23.0 Å². The van der Waals surface area contributed by atoms with Gasteiger partial charge < -0.3 is 31.2 Å². The molecule has 4 rings (SSSR count). The van der Waals surface area contributed by atoms with Crippen molar-refractivity contribution < 1.29 is 44.1 Å². The van der Waals surface area contributed by atoms with E-state index in [0.29, 0.717) is 5.57 Å². The fourth-order valence-corrected chi connectivity index (χ4v) is 7.53. The lowest BCUT2D eigenvalue weighted by Gasteiger charge is -2.49. The van der Waals surface area contributed by atoms with Gasteiger partial charge in [0.1, 0.15) is 17.1 Å². The summed E-state index contributed by atoms with van der Waals surface area (Å²) in [5.74, 6) is -6.05. The highest BCUT2D eigenvalue weighted by molar-refractivity contribution is 8.02. The summed E-state index contributed by atoms with van der Waals surface area (Å²) in [6.45, 7) is 2.79. The van der Waals surface area contributed by atoms with Gasteiger partial charge in [0.2, 0.25) is 17.1 Å². The molecule has 1 fully saturated rings. The van der Waals surface area contributed by atoms with Gasteiger partial charge in [-0.1, -0.05) is 23.6 Å². The van der Waals surface area contributed by atoms with Crippen LogP contribution in [0.4, 0.5) is 5.13 Å². The van der Waals surface area contributed by atoms with Gasteiger partial charge in [0.15, 0.2) is 10.7 Å². The van der Waals surface area contributed by atoms with Crippen LogP contribution in [0, 0.1) is 0 Å². The number of hydrogen-bond acceptors (Lipinski definition) is 15. The van der Waals surface area contributed by atoms with Crippen molar-refractivity contribution in [1.82, 2.24) is 23.9 Å². The van der Waals surface area contributed by atoms with E-state index in [-0.39, 0.29) is 38.8 Å². The molecule has 2 aromatic heterocycles. The predicted molar refractivity (Wildman–Crippen MR) is 151 cm³/mol. The van der Waals surface area contributed by atoms with Gasteiger partial charge in [-0.3, -0.25) is 23.7 Å². The Hall–Kier alpha value is -3.95. The van der Waals surface area contributed by atoms with Crippen LogP contribution in [0.3, 0.4) is 0 Å². The number of nitrogen functional groups attached to an aromatic ring is 1. The Morgan fingerprint density at radius 1 is 1.26 bits per heavy atom. The number of β-lactam (4-membered cyclic amide) rings is 1. The molecular formula is C21H21N7O10S4. The second-order valence-corrected chi connectivity index (χ2v) is 12.7. The third kappa shape index (κ3) is 5.84. The van der Waals surface area contributed by atoms with Crippen LogP contribution < -0.4 is 16.6 Å². The standard InChI is InChI=1S/C21H21N7O10S4/c1-3-21(2,19(36)37)38-25-8(11-24-20(22)42-26-11)13(30)23-9-14(31)28-10(17(34)35)6(4-39-15(9)28)5-40-18-7(16(32)33)12(29)27-41-18/h9,15H,3-5H2,1-2H3,(H,23,30)(H,27,29)(H,32,33)(H,34,35)(H,36,37)(H2,22,24,26)/b25-8-/t9?,15-,21?/m1/s1. The summed E-state index contributed by atoms with van der Waals surface area (Å²) in [6, 6.07) is -1.18. The zero-order chi connectivity index (χ0) is 30.9. The first kappa shape index (κ1) is 31.0. The first-order valence-electron chi connectivity index (χ1n) is 11.7. The summed E-state index contributed by atoms with van der Waals surface area (Å²) in [4.78, 5) is 83.3. The number of anilines is 1. The second-order valence-electron chi connectivity index (χ2n) is 8.78.